The van der Waals surface area contributed by atoms with Gasteiger partial charge in [0.2, 0.25) is 0 Å². The van der Waals surface area contributed by atoms with Gasteiger partial charge in [0.05, 0.1) is 37.0 Å². The van der Waals surface area contributed by atoms with E-state index in [9.17, 15) is 9.59 Å². The van der Waals surface area contributed by atoms with Crippen LogP contribution in [-0.2, 0) is 11.3 Å². The Morgan fingerprint density at radius 2 is 1.86 bits per heavy atom. The predicted octanol–water partition coefficient (Wildman–Crippen LogP) is 6.61. The van der Waals surface area contributed by atoms with E-state index in [-0.39, 0.29) is 17.4 Å². The van der Waals surface area contributed by atoms with Gasteiger partial charge in [0.25, 0.3) is 11.8 Å². The summed E-state index contributed by atoms with van der Waals surface area (Å²) in [6, 6.07) is 13.1. The minimum atomic E-state index is -0.0815. The number of benzene rings is 2. The second-order valence-electron chi connectivity index (χ2n) is 13.8. The minimum absolute atomic E-state index is 0.0815. The molecule has 7 nitrogen and oxygen atoms in total. The molecule has 8 rings (SSSR count). The number of likely N-dealkylation sites (tertiary alicyclic amines) is 2. The Morgan fingerprint density at radius 3 is 2.55 bits per heavy atom. The van der Waals surface area contributed by atoms with Crippen molar-refractivity contribution in [2.24, 2.45) is 0 Å². The maximum absolute atomic E-state index is 14.5. The SMILES string of the molecule is COc1ccc2c(c1)C=C(C(=O)N1C3CCC34C1CN4C)Cn1c-2c(C2CCCCC2)c2ccc(C(=O)NSC(C)C)cc21. The van der Waals surface area contributed by atoms with Gasteiger partial charge in [0, 0.05) is 39.4 Å². The lowest BCUT2D eigenvalue weighted by Gasteiger charge is -2.80. The van der Waals surface area contributed by atoms with Crippen molar-refractivity contribution in [2.75, 3.05) is 20.7 Å². The summed E-state index contributed by atoms with van der Waals surface area (Å²) < 4.78 is 11.1. The highest BCUT2D eigenvalue weighted by Gasteiger charge is 2.75. The van der Waals surface area contributed by atoms with Gasteiger partial charge in [-0.2, -0.15) is 0 Å². The summed E-state index contributed by atoms with van der Waals surface area (Å²) in [6.45, 7) is 5.58. The Kier molecular flexibility index (Phi) is 6.69. The highest BCUT2D eigenvalue weighted by molar-refractivity contribution is 7.98. The Hall–Kier alpha value is -3.23. The van der Waals surface area contributed by atoms with Gasteiger partial charge in [0.1, 0.15) is 5.75 Å². The van der Waals surface area contributed by atoms with Gasteiger partial charge < -0.3 is 14.2 Å². The molecule has 1 spiro atoms. The van der Waals surface area contributed by atoms with Crippen LogP contribution >= 0.6 is 11.9 Å². The molecule has 3 aromatic rings. The maximum Gasteiger partial charge on any atom is 0.261 e. The van der Waals surface area contributed by atoms with E-state index in [1.54, 1.807) is 7.11 Å². The van der Waals surface area contributed by atoms with E-state index >= 15 is 0 Å². The van der Waals surface area contributed by atoms with Crippen molar-refractivity contribution in [2.45, 2.75) is 94.1 Å². The number of carbonyl (C=O) groups excluding carboxylic acids is 2. The van der Waals surface area contributed by atoms with E-state index in [0.717, 1.165) is 53.8 Å². The van der Waals surface area contributed by atoms with Gasteiger partial charge in [-0.05, 0) is 98.1 Å². The summed E-state index contributed by atoms with van der Waals surface area (Å²) >= 11 is 1.44. The fraction of sp³-hybridized carbons (Fsp3) is 0.500. The predicted molar refractivity (Wildman–Crippen MR) is 177 cm³/mol. The lowest BCUT2D eigenvalue weighted by molar-refractivity contribution is -0.273. The van der Waals surface area contributed by atoms with Crippen molar-refractivity contribution in [1.29, 1.82) is 0 Å². The van der Waals surface area contributed by atoms with Crippen molar-refractivity contribution in [1.82, 2.24) is 19.1 Å². The first kappa shape index (κ1) is 28.3. The van der Waals surface area contributed by atoms with Crippen molar-refractivity contribution in [3.63, 3.8) is 0 Å². The zero-order chi connectivity index (χ0) is 30.3. The largest absolute Gasteiger partial charge is 0.497 e. The molecule has 2 saturated carbocycles. The van der Waals surface area contributed by atoms with Crippen LogP contribution in [0.2, 0.25) is 0 Å². The van der Waals surface area contributed by atoms with Crippen LogP contribution in [0.1, 0.15) is 86.2 Å². The third-order valence-corrected chi connectivity index (χ3v) is 12.0. The summed E-state index contributed by atoms with van der Waals surface area (Å²) in [5.41, 5.74) is 7.46. The van der Waals surface area contributed by atoms with Crippen molar-refractivity contribution in [3.8, 4) is 17.0 Å². The fourth-order valence-corrected chi connectivity index (χ4v) is 9.43. The first-order chi connectivity index (χ1) is 21.3. The van der Waals surface area contributed by atoms with Gasteiger partial charge in [-0.15, -0.1) is 0 Å². The molecule has 2 saturated heterocycles. The van der Waals surface area contributed by atoms with Crippen LogP contribution < -0.4 is 9.46 Å². The third kappa shape index (κ3) is 3.99. The van der Waals surface area contributed by atoms with Gasteiger partial charge in [-0.1, -0.05) is 39.2 Å². The number of hydrogen-bond acceptors (Lipinski definition) is 5. The van der Waals surface area contributed by atoms with Gasteiger partial charge in [-0.25, -0.2) is 0 Å². The number of nitrogens with one attached hydrogen (secondary N) is 1. The number of ether oxygens (including phenoxy) is 1. The van der Waals surface area contributed by atoms with Crippen LogP contribution in [0.15, 0.2) is 42.0 Å². The molecule has 5 aliphatic rings. The van der Waals surface area contributed by atoms with E-state index in [2.05, 4.69) is 70.3 Å². The molecule has 8 heteroatoms. The Bertz CT molecular complexity index is 1710. The molecule has 3 atom stereocenters. The zero-order valence-corrected chi connectivity index (χ0v) is 27.0. The summed E-state index contributed by atoms with van der Waals surface area (Å²) in [7, 11) is 3.91. The van der Waals surface area contributed by atoms with Gasteiger partial charge >= 0.3 is 0 Å². The molecule has 44 heavy (non-hydrogen) atoms. The Balaban J connectivity index is 1.29. The number of fused-ring (bicyclic) bond motifs is 5. The number of piperazine rings is 1. The molecule has 2 aliphatic carbocycles. The maximum atomic E-state index is 14.5. The number of nitrogens with zero attached hydrogens (tertiary/aromatic N) is 3. The number of carbonyl (C=O) groups is 2. The fourth-order valence-electron chi connectivity index (χ4n) is 8.97. The smallest absolute Gasteiger partial charge is 0.261 e. The van der Waals surface area contributed by atoms with E-state index < -0.39 is 0 Å². The molecule has 0 bridgehead atoms. The molecule has 1 aromatic heterocycles. The van der Waals surface area contributed by atoms with Crippen LogP contribution in [0, 0.1) is 0 Å². The van der Waals surface area contributed by atoms with E-state index in [1.165, 1.54) is 54.3 Å². The lowest BCUT2D eigenvalue weighted by Crippen LogP contribution is -2.95. The van der Waals surface area contributed by atoms with Crippen LogP contribution in [-0.4, -0.2) is 69.8 Å². The summed E-state index contributed by atoms with van der Waals surface area (Å²) in [4.78, 5) is 32.4. The number of amides is 2. The van der Waals surface area contributed by atoms with Gasteiger partial charge in [0.15, 0.2) is 0 Å². The number of aromatic nitrogens is 1. The normalized spacial score (nSPS) is 25.8. The average Bonchev–Trinajstić information content (AvgIpc) is 3.22. The molecule has 0 radical (unpaired) electrons. The second-order valence-corrected chi connectivity index (χ2v) is 15.2. The topological polar surface area (TPSA) is 66.8 Å². The highest BCUT2D eigenvalue weighted by Crippen LogP contribution is 2.60. The van der Waals surface area contributed by atoms with Gasteiger partial charge in [-0.3, -0.25) is 19.2 Å². The summed E-state index contributed by atoms with van der Waals surface area (Å²) in [5.74, 6) is 1.32. The molecule has 230 valence electrons. The number of methoxy groups -OCH3 is 1. The van der Waals surface area contributed by atoms with Crippen molar-refractivity contribution < 1.29 is 14.3 Å². The average molecular weight is 611 g/mol. The first-order valence-electron chi connectivity index (χ1n) is 16.4. The van der Waals surface area contributed by atoms with E-state index in [1.807, 2.05) is 12.1 Å². The van der Waals surface area contributed by atoms with Crippen LogP contribution in [0.4, 0.5) is 0 Å². The standard InChI is InChI=1S/C36H42N4O3S/c1-21(2)44-37-34(41)23-10-12-28-29(18-23)39-19-25(35(42)40-30-14-15-36(30)31(40)20-38(36)3)16-24-17-26(43-4)11-13-27(24)33(39)32(28)22-8-6-5-7-9-22/h10-13,16-18,21-22,30-31H,5-9,14-15,19-20H2,1-4H3,(H,37,41). The number of likely N-dealkylation sites (N-methyl/N-ethyl adjacent to an activating group) is 1. The number of piperidine rings is 1. The molecular formula is C36H42N4O3S. The molecule has 2 aromatic carbocycles. The molecule has 3 unspecified atom stereocenters. The lowest BCUT2D eigenvalue weighted by atomic mass is 9.52. The quantitative estimate of drug-likeness (QED) is 0.319. The summed E-state index contributed by atoms with van der Waals surface area (Å²) in [5, 5.41) is 1.50. The van der Waals surface area contributed by atoms with Crippen LogP contribution in [0.5, 0.6) is 5.75 Å². The minimum Gasteiger partial charge on any atom is -0.497 e. The Labute approximate surface area is 264 Å². The molecule has 1 N–H and O–H groups in total. The molecule has 2 amide bonds. The number of rotatable bonds is 6. The third-order valence-electron chi connectivity index (χ3n) is 11.2. The number of hydrogen-bond donors (Lipinski definition) is 1. The van der Waals surface area contributed by atoms with E-state index in [0.29, 0.717) is 35.4 Å². The second kappa shape index (κ2) is 10.4. The highest BCUT2D eigenvalue weighted by atomic mass is 32.2. The van der Waals surface area contributed by atoms with Crippen LogP contribution in [0.25, 0.3) is 28.2 Å². The van der Waals surface area contributed by atoms with Crippen molar-refractivity contribution >= 4 is 40.7 Å². The van der Waals surface area contributed by atoms with Crippen molar-refractivity contribution in [3.05, 3.63) is 58.7 Å². The monoisotopic (exact) mass is 610 g/mol. The van der Waals surface area contributed by atoms with Crippen LogP contribution in [0.3, 0.4) is 0 Å². The zero-order valence-electron chi connectivity index (χ0n) is 26.2. The molecule has 3 aliphatic heterocycles. The molecule has 4 heterocycles. The molecule has 4 fully saturated rings. The molecular weight excluding hydrogens is 568 g/mol. The van der Waals surface area contributed by atoms with E-state index in [4.69, 9.17) is 4.74 Å². The Morgan fingerprint density at radius 1 is 1.05 bits per heavy atom. The summed E-state index contributed by atoms with van der Waals surface area (Å²) in [6.07, 6.45) is 10.5. The first-order valence-corrected chi connectivity index (χ1v) is 17.2.